The van der Waals surface area contributed by atoms with Crippen LogP contribution in [0.1, 0.15) is 72.1 Å². The third-order valence-electron chi connectivity index (χ3n) is 7.91. The number of halogens is 1. The molecule has 3 nitrogen and oxygen atoms in total. The van der Waals surface area contributed by atoms with E-state index in [1.54, 1.807) is 5.57 Å². The summed E-state index contributed by atoms with van der Waals surface area (Å²) in [5.74, 6) is 1.25. The van der Waals surface area contributed by atoms with Crippen LogP contribution in [-0.4, -0.2) is 23.2 Å². The van der Waals surface area contributed by atoms with E-state index < -0.39 is 0 Å². The van der Waals surface area contributed by atoms with E-state index in [0.29, 0.717) is 17.6 Å². The number of fused-ring (bicyclic) bond motifs is 4. The highest BCUT2D eigenvalue weighted by Crippen LogP contribution is 2.62. The lowest BCUT2D eigenvalue weighted by molar-refractivity contribution is -0.149. The Morgan fingerprint density at radius 2 is 1.92 bits per heavy atom. The van der Waals surface area contributed by atoms with Crippen molar-refractivity contribution < 1.29 is 14.3 Å². The first kappa shape index (κ1) is 17.6. The molecule has 4 aliphatic carbocycles. The monoisotopic (exact) mass is 364 g/mol. The topological polar surface area (TPSA) is 43.4 Å². The van der Waals surface area contributed by atoms with Crippen molar-refractivity contribution in [1.82, 2.24) is 0 Å². The molecule has 4 heteroatoms. The number of hydrogen-bond acceptors (Lipinski definition) is 3. The fourth-order valence-electron chi connectivity index (χ4n) is 6.52. The SMILES string of the molecule is CC(=O)O[C@@H]1CCC2=C3CC[C@]4(C)C(=O)CC[C@@H]4[C@@H]3C[C@H](Cl)[C@@]2(C)C1. The minimum absolute atomic E-state index is 0.00781. The number of carbonyl (C=O) groups is 2. The van der Waals surface area contributed by atoms with Gasteiger partial charge in [0.1, 0.15) is 11.9 Å². The average Bonchev–Trinajstić information content (AvgIpc) is 2.83. The molecule has 6 atom stereocenters. The Kier molecular flexibility index (Phi) is 4.10. The highest BCUT2D eigenvalue weighted by molar-refractivity contribution is 6.21. The van der Waals surface area contributed by atoms with Crippen molar-refractivity contribution in [1.29, 1.82) is 0 Å². The van der Waals surface area contributed by atoms with E-state index in [2.05, 4.69) is 13.8 Å². The maximum Gasteiger partial charge on any atom is 0.302 e. The van der Waals surface area contributed by atoms with Gasteiger partial charge in [0.2, 0.25) is 0 Å². The van der Waals surface area contributed by atoms with Gasteiger partial charge < -0.3 is 4.74 Å². The molecule has 0 radical (unpaired) electrons. The molecule has 3 fully saturated rings. The number of Topliss-reactive ketones (excluding diaryl/α,β-unsaturated/α-hetero) is 1. The van der Waals surface area contributed by atoms with Crippen LogP contribution >= 0.6 is 11.6 Å². The van der Waals surface area contributed by atoms with Crippen LogP contribution in [0.15, 0.2) is 11.1 Å². The summed E-state index contributed by atoms with van der Waals surface area (Å²) in [7, 11) is 0. The van der Waals surface area contributed by atoms with E-state index in [1.165, 1.54) is 12.5 Å². The van der Waals surface area contributed by atoms with Gasteiger partial charge in [-0.3, -0.25) is 9.59 Å². The van der Waals surface area contributed by atoms with Crippen molar-refractivity contribution in [3.63, 3.8) is 0 Å². The van der Waals surface area contributed by atoms with Gasteiger partial charge in [0, 0.05) is 29.6 Å². The summed E-state index contributed by atoms with van der Waals surface area (Å²) in [6, 6.07) is 0. The number of esters is 1. The van der Waals surface area contributed by atoms with Gasteiger partial charge in [0.05, 0.1) is 0 Å². The summed E-state index contributed by atoms with van der Waals surface area (Å²) < 4.78 is 5.52. The molecule has 0 bridgehead atoms. The standard InChI is InChI=1S/C21H29ClO3/c1-12(23)25-13-4-5-16-14-8-9-20(2)17(6-7-19(20)24)15(14)10-18(22)21(16,3)11-13/h13,15,17-18H,4-11H2,1-3H3/t13-,15-,17-,18+,20+,21+/m1/s1. The second kappa shape index (κ2) is 5.84. The summed E-state index contributed by atoms with van der Waals surface area (Å²) in [5, 5.41) is 0.0626. The number of rotatable bonds is 1. The van der Waals surface area contributed by atoms with Gasteiger partial charge in [-0.25, -0.2) is 0 Å². The largest absolute Gasteiger partial charge is 0.463 e. The molecule has 0 N–H and O–H groups in total. The fraction of sp³-hybridized carbons (Fsp3) is 0.810. The van der Waals surface area contributed by atoms with Gasteiger partial charge in [-0.2, -0.15) is 0 Å². The van der Waals surface area contributed by atoms with Crippen molar-refractivity contribution in [2.75, 3.05) is 0 Å². The third kappa shape index (κ3) is 2.52. The lowest BCUT2D eigenvalue weighted by Gasteiger charge is -2.54. The molecule has 0 unspecified atom stereocenters. The zero-order valence-corrected chi connectivity index (χ0v) is 16.3. The zero-order chi connectivity index (χ0) is 18.0. The molecule has 3 saturated carbocycles. The summed E-state index contributed by atoms with van der Waals surface area (Å²) in [6.07, 6.45) is 7.53. The van der Waals surface area contributed by atoms with Crippen LogP contribution in [-0.2, 0) is 14.3 Å². The number of ketones is 1. The maximum absolute atomic E-state index is 12.5. The van der Waals surface area contributed by atoms with Crippen molar-refractivity contribution in [2.45, 2.75) is 83.6 Å². The van der Waals surface area contributed by atoms with Gasteiger partial charge in [0.25, 0.3) is 0 Å². The highest BCUT2D eigenvalue weighted by atomic mass is 35.5. The minimum atomic E-state index is -0.192. The summed E-state index contributed by atoms with van der Waals surface area (Å²) in [4.78, 5) is 23.9. The number of ether oxygens (including phenoxy) is 1. The Labute approximate surface area is 155 Å². The summed E-state index contributed by atoms with van der Waals surface area (Å²) in [6.45, 7) is 5.96. The molecule has 0 heterocycles. The molecule has 0 aromatic carbocycles. The normalized spacial score (nSPS) is 46.3. The Bertz CT molecular complexity index is 654. The van der Waals surface area contributed by atoms with Crippen LogP contribution in [0.4, 0.5) is 0 Å². The second-order valence-electron chi connectivity index (χ2n) is 9.19. The Hall–Kier alpha value is -0.830. The van der Waals surface area contributed by atoms with Gasteiger partial charge in [-0.05, 0) is 56.8 Å². The molecule has 0 saturated heterocycles. The molecular formula is C21H29ClO3. The first-order valence-electron chi connectivity index (χ1n) is 9.82. The number of allylic oxidation sites excluding steroid dienone is 2. The van der Waals surface area contributed by atoms with E-state index >= 15 is 0 Å². The van der Waals surface area contributed by atoms with E-state index in [9.17, 15) is 9.59 Å². The predicted octanol–water partition coefficient (Wildman–Crippen LogP) is 4.81. The van der Waals surface area contributed by atoms with Gasteiger partial charge in [-0.15, -0.1) is 11.6 Å². The number of carbonyl (C=O) groups excluding carboxylic acids is 2. The van der Waals surface area contributed by atoms with Crippen LogP contribution in [0, 0.1) is 22.7 Å². The molecule has 0 spiro atoms. The van der Waals surface area contributed by atoms with Crippen LogP contribution < -0.4 is 0 Å². The highest BCUT2D eigenvalue weighted by Gasteiger charge is 2.57. The Morgan fingerprint density at radius 3 is 2.64 bits per heavy atom. The van der Waals surface area contributed by atoms with Crippen LogP contribution in [0.5, 0.6) is 0 Å². The smallest absolute Gasteiger partial charge is 0.302 e. The van der Waals surface area contributed by atoms with E-state index in [-0.39, 0.29) is 28.3 Å². The first-order valence-corrected chi connectivity index (χ1v) is 10.3. The maximum atomic E-state index is 12.5. The fourth-order valence-corrected chi connectivity index (χ4v) is 6.94. The molecule has 4 rings (SSSR count). The quantitative estimate of drug-likeness (QED) is 0.381. The predicted molar refractivity (Wildman–Crippen MR) is 97.4 cm³/mol. The zero-order valence-electron chi connectivity index (χ0n) is 15.6. The molecule has 4 aliphatic rings. The molecule has 0 aliphatic heterocycles. The lowest BCUT2D eigenvalue weighted by atomic mass is 9.53. The van der Waals surface area contributed by atoms with Gasteiger partial charge >= 0.3 is 5.97 Å². The number of alkyl halides is 1. The molecule has 25 heavy (non-hydrogen) atoms. The van der Waals surface area contributed by atoms with Crippen LogP contribution in [0.3, 0.4) is 0 Å². The van der Waals surface area contributed by atoms with Gasteiger partial charge in [0.15, 0.2) is 0 Å². The van der Waals surface area contributed by atoms with Crippen molar-refractivity contribution in [3.05, 3.63) is 11.1 Å². The lowest BCUT2D eigenvalue weighted by Crippen LogP contribution is -2.49. The first-order chi connectivity index (χ1) is 11.8. The summed E-state index contributed by atoms with van der Waals surface area (Å²) >= 11 is 6.97. The van der Waals surface area contributed by atoms with Gasteiger partial charge in [-0.1, -0.05) is 25.0 Å². The molecular weight excluding hydrogens is 336 g/mol. The third-order valence-corrected chi connectivity index (χ3v) is 8.57. The van der Waals surface area contributed by atoms with Crippen molar-refractivity contribution >= 4 is 23.4 Å². The molecule has 0 aromatic heterocycles. The van der Waals surface area contributed by atoms with Crippen molar-refractivity contribution in [3.8, 4) is 0 Å². The van der Waals surface area contributed by atoms with E-state index in [4.69, 9.17) is 16.3 Å². The Morgan fingerprint density at radius 1 is 1.16 bits per heavy atom. The second-order valence-corrected chi connectivity index (χ2v) is 9.72. The van der Waals surface area contributed by atoms with Crippen LogP contribution in [0.25, 0.3) is 0 Å². The van der Waals surface area contributed by atoms with E-state index in [0.717, 1.165) is 51.4 Å². The molecule has 0 aromatic rings. The average molecular weight is 365 g/mol. The van der Waals surface area contributed by atoms with Crippen LogP contribution in [0.2, 0.25) is 0 Å². The Balaban J connectivity index is 1.68. The molecule has 138 valence electrons. The summed E-state index contributed by atoms with van der Waals surface area (Å²) in [5.41, 5.74) is 2.96. The minimum Gasteiger partial charge on any atom is -0.463 e. The van der Waals surface area contributed by atoms with E-state index in [1.807, 2.05) is 0 Å². The number of hydrogen-bond donors (Lipinski definition) is 0. The van der Waals surface area contributed by atoms with Crippen molar-refractivity contribution in [2.24, 2.45) is 22.7 Å². The molecule has 0 amide bonds.